The second-order valence-electron chi connectivity index (χ2n) is 14.8. The molecule has 246 valence electrons. The number of hydrogen-bond donors (Lipinski definition) is 0. The van der Waals surface area contributed by atoms with Crippen LogP contribution < -0.4 is 9.64 Å². The van der Waals surface area contributed by atoms with Crippen LogP contribution in [0.5, 0.6) is 11.5 Å². The second kappa shape index (κ2) is 10.6. The number of nitrogens with zero attached hydrogens (tertiary/aromatic N) is 1. The van der Waals surface area contributed by atoms with Gasteiger partial charge in [0.25, 0.3) is 0 Å². The molecule has 52 heavy (non-hydrogen) atoms. The van der Waals surface area contributed by atoms with E-state index in [1.54, 1.807) is 0 Å². The molecule has 1 aliphatic heterocycles. The summed E-state index contributed by atoms with van der Waals surface area (Å²) < 4.78 is 6.80. The molecule has 1 spiro atoms. The Bertz CT molecular complexity index is 2760. The molecule has 2 nitrogen and oxygen atoms in total. The van der Waals surface area contributed by atoms with Crippen molar-refractivity contribution in [2.45, 2.75) is 24.7 Å². The lowest BCUT2D eigenvalue weighted by molar-refractivity contribution is 0.438. The molecule has 8 aromatic rings. The normalized spacial score (nSPS) is 16.7. The number of benzene rings is 8. The molecule has 1 heterocycles. The zero-order chi connectivity index (χ0) is 34.6. The maximum absolute atomic E-state index is 6.80. The van der Waals surface area contributed by atoms with E-state index < -0.39 is 5.41 Å². The van der Waals surface area contributed by atoms with Crippen LogP contribution in [0.3, 0.4) is 0 Å². The summed E-state index contributed by atoms with van der Waals surface area (Å²) in [5.74, 6) is 1.81. The van der Waals surface area contributed by atoms with Gasteiger partial charge in [0, 0.05) is 33.5 Å². The molecular formula is C50H35NO. The highest BCUT2D eigenvalue weighted by atomic mass is 16.5. The third kappa shape index (κ3) is 3.74. The van der Waals surface area contributed by atoms with Gasteiger partial charge in [-0.25, -0.2) is 0 Å². The first-order valence-electron chi connectivity index (χ1n) is 18.2. The van der Waals surface area contributed by atoms with Gasteiger partial charge in [0.15, 0.2) is 0 Å². The molecule has 2 heteroatoms. The maximum atomic E-state index is 6.80. The Morgan fingerprint density at radius 2 is 1.12 bits per heavy atom. The van der Waals surface area contributed by atoms with E-state index in [0.29, 0.717) is 0 Å². The van der Waals surface area contributed by atoms with E-state index >= 15 is 0 Å². The quantitative estimate of drug-likeness (QED) is 0.186. The molecule has 11 rings (SSSR count). The van der Waals surface area contributed by atoms with Crippen LogP contribution in [-0.4, -0.2) is 0 Å². The van der Waals surface area contributed by atoms with Crippen molar-refractivity contribution in [3.63, 3.8) is 0 Å². The monoisotopic (exact) mass is 665 g/mol. The number of fused-ring (bicyclic) bond motifs is 14. The van der Waals surface area contributed by atoms with Crippen LogP contribution in [0.2, 0.25) is 0 Å². The third-order valence-corrected chi connectivity index (χ3v) is 11.9. The number of rotatable bonds is 3. The Balaban J connectivity index is 1.23. The maximum Gasteiger partial charge on any atom is 0.132 e. The molecule has 0 aromatic heterocycles. The van der Waals surface area contributed by atoms with Crippen LogP contribution in [0.25, 0.3) is 33.0 Å². The van der Waals surface area contributed by atoms with Crippen molar-refractivity contribution in [2.24, 2.45) is 0 Å². The van der Waals surface area contributed by atoms with Crippen LogP contribution in [-0.2, 0) is 10.8 Å². The van der Waals surface area contributed by atoms with E-state index in [1.807, 2.05) is 0 Å². The standard InChI is InChI=1S/C50H35NO/c1-49(2)39-21-10-8-19-36(39)37-29-28-34(31-43(37)49)51(33-16-4-3-5-17-33)44-25-14-24-42-47(44)38-20-9-11-22-40(38)50(42)41-23-12-13-26-45(41)52-46-30-27-32-15-6-7-18-35(32)48(46)50/h3-31H,1-2H3. The predicted octanol–water partition coefficient (Wildman–Crippen LogP) is 13.1. The Hall–Kier alpha value is -6.38. The fourth-order valence-corrected chi connectivity index (χ4v) is 9.73. The molecule has 0 N–H and O–H groups in total. The smallest absolute Gasteiger partial charge is 0.132 e. The number of ether oxygens (including phenoxy) is 1. The van der Waals surface area contributed by atoms with E-state index in [1.165, 1.54) is 66.4 Å². The first-order valence-corrected chi connectivity index (χ1v) is 18.2. The minimum Gasteiger partial charge on any atom is -0.457 e. The van der Waals surface area contributed by atoms with Gasteiger partial charge in [0.1, 0.15) is 11.5 Å². The summed E-state index contributed by atoms with van der Waals surface area (Å²) in [6.07, 6.45) is 0. The molecule has 0 radical (unpaired) electrons. The van der Waals surface area contributed by atoms with Crippen molar-refractivity contribution in [1.29, 1.82) is 0 Å². The zero-order valence-corrected chi connectivity index (χ0v) is 29.1. The first kappa shape index (κ1) is 29.4. The van der Waals surface area contributed by atoms with Gasteiger partial charge >= 0.3 is 0 Å². The average Bonchev–Trinajstić information content (AvgIpc) is 3.61. The topological polar surface area (TPSA) is 12.5 Å². The van der Waals surface area contributed by atoms with Gasteiger partial charge in [0.05, 0.1) is 11.1 Å². The zero-order valence-electron chi connectivity index (χ0n) is 29.1. The van der Waals surface area contributed by atoms with Crippen molar-refractivity contribution in [2.75, 3.05) is 4.90 Å². The van der Waals surface area contributed by atoms with Gasteiger partial charge in [-0.2, -0.15) is 0 Å². The molecular weight excluding hydrogens is 631 g/mol. The lowest BCUT2D eigenvalue weighted by atomic mass is 9.65. The van der Waals surface area contributed by atoms with Crippen molar-refractivity contribution in [3.05, 3.63) is 209 Å². The highest BCUT2D eigenvalue weighted by Gasteiger charge is 2.52. The molecule has 0 fully saturated rings. The predicted molar refractivity (Wildman–Crippen MR) is 214 cm³/mol. The summed E-state index contributed by atoms with van der Waals surface area (Å²) >= 11 is 0. The molecule has 2 aliphatic carbocycles. The van der Waals surface area contributed by atoms with Gasteiger partial charge in [-0.15, -0.1) is 0 Å². The summed E-state index contributed by atoms with van der Waals surface area (Å²) in [5, 5.41) is 2.42. The number of hydrogen-bond acceptors (Lipinski definition) is 2. The molecule has 0 saturated carbocycles. The van der Waals surface area contributed by atoms with Gasteiger partial charge < -0.3 is 9.64 Å². The highest BCUT2D eigenvalue weighted by molar-refractivity contribution is 6.02. The second-order valence-corrected chi connectivity index (χ2v) is 14.8. The molecule has 1 atom stereocenters. The van der Waals surface area contributed by atoms with Crippen LogP contribution in [0, 0.1) is 0 Å². The van der Waals surface area contributed by atoms with Crippen molar-refractivity contribution >= 4 is 27.8 Å². The summed E-state index contributed by atoms with van der Waals surface area (Å²) in [5.41, 5.74) is 15.6. The molecule has 0 amide bonds. The van der Waals surface area contributed by atoms with E-state index in [4.69, 9.17) is 4.74 Å². The first-order chi connectivity index (χ1) is 25.6. The summed E-state index contributed by atoms with van der Waals surface area (Å²) in [7, 11) is 0. The summed E-state index contributed by atoms with van der Waals surface area (Å²) in [4.78, 5) is 2.48. The Morgan fingerprint density at radius 3 is 1.98 bits per heavy atom. The summed E-state index contributed by atoms with van der Waals surface area (Å²) in [6, 6.07) is 64.6. The Morgan fingerprint density at radius 1 is 0.442 bits per heavy atom. The van der Waals surface area contributed by atoms with Crippen LogP contribution in [0.15, 0.2) is 176 Å². The van der Waals surface area contributed by atoms with Crippen molar-refractivity contribution < 1.29 is 4.74 Å². The Kier molecular flexibility index (Phi) is 5.97. The minimum atomic E-state index is -0.586. The van der Waals surface area contributed by atoms with Gasteiger partial charge in [0.2, 0.25) is 0 Å². The van der Waals surface area contributed by atoms with E-state index in [-0.39, 0.29) is 5.41 Å². The van der Waals surface area contributed by atoms with Crippen LogP contribution in [0.1, 0.15) is 47.2 Å². The lowest BCUT2D eigenvalue weighted by Crippen LogP contribution is -2.32. The van der Waals surface area contributed by atoms with Crippen LogP contribution >= 0.6 is 0 Å². The minimum absolute atomic E-state index is 0.115. The average molecular weight is 666 g/mol. The number of anilines is 3. The fraction of sp³-hybridized carbons (Fsp3) is 0.0800. The van der Waals surface area contributed by atoms with E-state index in [2.05, 4.69) is 195 Å². The molecule has 3 aliphatic rings. The van der Waals surface area contributed by atoms with Crippen LogP contribution in [0.4, 0.5) is 17.1 Å². The molecule has 0 saturated heterocycles. The molecule has 1 unspecified atom stereocenters. The van der Waals surface area contributed by atoms with Gasteiger partial charge in [-0.3, -0.25) is 0 Å². The summed E-state index contributed by atoms with van der Waals surface area (Å²) in [6.45, 7) is 4.72. The largest absolute Gasteiger partial charge is 0.457 e. The fourth-order valence-electron chi connectivity index (χ4n) is 9.73. The molecule has 0 bridgehead atoms. The van der Waals surface area contributed by atoms with E-state index in [9.17, 15) is 0 Å². The van der Waals surface area contributed by atoms with Gasteiger partial charge in [-0.05, 0) is 92.2 Å². The lowest BCUT2D eigenvalue weighted by Gasteiger charge is -2.40. The third-order valence-electron chi connectivity index (χ3n) is 11.9. The van der Waals surface area contributed by atoms with Crippen molar-refractivity contribution in [3.8, 4) is 33.8 Å². The highest BCUT2D eigenvalue weighted by Crippen LogP contribution is 2.65. The van der Waals surface area contributed by atoms with E-state index in [0.717, 1.165) is 28.6 Å². The Labute approximate surface area is 304 Å². The number of para-hydroxylation sites is 2. The van der Waals surface area contributed by atoms with Gasteiger partial charge in [-0.1, -0.05) is 147 Å². The van der Waals surface area contributed by atoms with Crippen molar-refractivity contribution in [1.82, 2.24) is 0 Å². The molecule has 8 aromatic carbocycles. The SMILES string of the molecule is CC1(C)c2ccccc2-c2ccc(N(c3ccccc3)c3cccc4c3-c3ccccc3C43c4ccccc4Oc4ccc5ccccc5c43)cc21.